The van der Waals surface area contributed by atoms with Crippen LogP contribution in [0.25, 0.3) is 0 Å². The van der Waals surface area contributed by atoms with Crippen molar-refractivity contribution in [1.29, 1.82) is 0 Å². The van der Waals surface area contributed by atoms with Crippen molar-refractivity contribution in [2.24, 2.45) is 0 Å². The minimum Gasteiger partial charge on any atom is -0.477 e. The summed E-state index contributed by atoms with van der Waals surface area (Å²) in [4.78, 5) is 9.34. The summed E-state index contributed by atoms with van der Waals surface area (Å²) in [5.41, 5.74) is 0. The van der Waals surface area contributed by atoms with E-state index in [1.54, 1.807) is 0 Å². The van der Waals surface area contributed by atoms with Crippen LogP contribution in [0.1, 0.15) is 0 Å². The van der Waals surface area contributed by atoms with E-state index in [1.807, 2.05) is 0 Å². The van der Waals surface area contributed by atoms with Gasteiger partial charge >= 0.3 is 11.9 Å². The molecule has 0 saturated heterocycles. The second-order valence-corrected chi connectivity index (χ2v) is 1.17. The summed E-state index contributed by atoms with van der Waals surface area (Å²) in [5.74, 6) is -6.29. The molecule has 0 aliphatic heterocycles. The zero-order valence-electron chi connectivity index (χ0n) is 4.07. The van der Waals surface area contributed by atoms with Gasteiger partial charge in [0.05, 0.1) is 0 Å². The fraction of sp³-hybridized carbons (Fsp3) is 0.667. The third-order valence-electron chi connectivity index (χ3n) is 0.511. The van der Waals surface area contributed by atoms with Crippen molar-refractivity contribution in [2.75, 3.05) is 6.61 Å². The summed E-state index contributed by atoms with van der Waals surface area (Å²) >= 11 is 0. The minimum atomic E-state index is -3.99. The molecule has 2 N–H and O–H groups in total. The molecule has 1 radical (unpaired) electrons. The molecule has 0 aliphatic rings. The first-order chi connectivity index (χ1) is 3.50. The standard InChI is InChI=1S/C3H4F2O3.Ag/c4-3(5,1-6)2(7)8;/h6H,1H2,(H,7,8);. The van der Waals surface area contributed by atoms with Gasteiger partial charge < -0.3 is 10.2 Å². The second kappa shape index (κ2) is 3.95. The quantitative estimate of drug-likeness (QED) is 0.644. The Labute approximate surface area is 65.2 Å². The van der Waals surface area contributed by atoms with Crippen LogP contribution in [-0.2, 0) is 27.2 Å². The van der Waals surface area contributed by atoms with Gasteiger partial charge in [0.25, 0.3) is 0 Å². The molecule has 0 unspecified atom stereocenters. The Hall–Kier alpha value is 0.0303. The fourth-order valence-electron chi connectivity index (χ4n) is 0.0676. The van der Waals surface area contributed by atoms with Gasteiger partial charge in [-0.3, -0.25) is 0 Å². The zero-order chi connectivity index (χ0) is 6.78. The van der Waals surface area contributed by atoms with Crippen molar-refractivity contribution < 1.29 is 46.2 Å². The molecule has 6 heteroatoms. The average Bonchev–Trinajstić information content (AvgIpc) is 1.67. The molecule has 0 rings (SSSR count). The SMILES string of the molecule is O=C(O)C(F)(F)CO.[Ag]. The summed E-state index contributed by atoms with van der Waals surface area (Å²) < 4.78 is 22.9. The predicted molar refractivity (Wildman–Crippen MR) is 19.7 cm³/mol. The molecule has 0 heterocycles. The molecule has 0 amide bonds. The number of aliphatic carboxylic acids is 1. The van der Waals surface area contributed by atoms with E-state index < -0.39 is 18.5 Å². The maximum absolute atomic E-state index is 11.4. The molecule has 59 valence electrons. The largest absolute Gasteiger partial charge is 0.477 e. The van der Waals surface area contributed by atoms with Gasteiger partial charge in [0.15, 0.2) is 0 Å². The number of hydrogen-bond acceptors (Lipinski definition) is 2. The maximum atomic E-state index is 11.4. The average molecular weight is 234 g/mol. The Morgan fingerprint density at radius 2 is 1.89 bits per heavy atom. The number of carbonyl (C=O) groups is 1. The number of hydrogen-bond donors (Lipinski definition) is 2. The first-order valence-electron chi connectivity index (χ1n) is 1.73. The van der Waals surface area contributed by atoms with Gasteiger partial charge in [-0.25, -0.2) is 4.79 Å². The molecule has 0 aromatic carbocycles. The molecule has 0 atom stereocenters. The summed E-state index contributed by atoms with van der Waals surface area (Å²) in [5, 5.41) is 15.2. The number of aliphatic hydroxyl groups is 1. The van der Waals surface area contributed by atoms with Gasteiger partial charge in [0.2, 0.25) is 0 Å². The molecule has 0 saturated carbocycles. The smallest absolute Gasteiger partial charge is 0.377 e. The Balaban J connectivity index is 0. The molecule has 0 bridgehead atoms. The maximum Gasteiger partial charge on any atom is 0.377 e. The van der Waals surface area contributed by atoms with Gasteiger partial charge in [0.1, 0.15) is 6.61 Å². The van der Waals surface area contributed by atoms with E-state index in [0.717, 1.165) is 0 Å². The van der Waals surface area contributed by atoms with E-state index in [4.69, 9.17) is 10.2 Å². The first-order valence-corrected chi connectivity index (χ1v) is 1.73. The fourth-order valence-corrected chi connectivity index (χ4v) is 0.0676. The van der Waals surface area contributed by atoms with Gasteiger partial charge in [-0.05, 0) is 0 Å². The van der Waals surface area contributed by atoms with Crippen LogP contribution in [-0.4, -0.2) is 28.7 Å². The Morgan fingerprint density at radius 1 is 1.56 bits per heavy atom. The van der Waals surface area contributed by atoms with E-state index >= 15 is 0 Å². The molecule has 0 fully saturated rings. The third kappa shape index (κ3) is 3.58. The van der Waals surface area contributed by atoms with Gasteiger partial charge in [-0.1, -0.05) is 0 Å². The normalized spacial score (nSPS) is 10.1. The number of carboxylic acids is 1. The van der Waals surface area contributed by atoms with Gasteiger partial charge in [-0.15, -0.1) is 0 Å². The third-order valence-corrected chi connectivity index (χ3v) is 0.511. The van der Waals surface area contributed by atoms with Crippen LogP contribution < -0.4 is 0 Å². The summed E-state index contributed by atoms with van der Waals surface area (Å²) in [6, 6.07) is 0. The van der Waals surface area contributed by atoms with Crippen LogP contribution in [0.4, 0.5) is 8.78 Å². The van der Waals surface area contributed by atoms with Crippen molar-refractivity contribution >= 4 is 5.97 Å². The van der Waals surface area contributed by atoms with Crippen LogP contribution in [0.5, 0.6) is 0 Å². The van der Waals surface area contributed by atoms with Crippen LogP contribution >= 0.6 is 0 Å². The van der Waals surface area contributed by atoms with Crippen LogP contribution in [0.15, 0.2) is 0 Å². The number of aliphatic hydroxyl groups excluding tert-OH is 1. The van der Waals surface area contributed by atoms with Crippen LogP contribution in [0, 0.1) is 0 Å². The Morgan fingerprint density at radius 3 is 1.89 bits per heavy atom. The predicted octanol–water partition coefficient (Wildman–Crippen LogP) is -0.304. The van der Waals surface area contributed by atoms with Crippen molar-refractivity contribution in [3.63, 3.8) is 0 Å². The van der Waals surface area contributed by atoms with Gasteiger partial charge in [0, 0.05) is 22.4 Å². The van der Waals surface area contributed by atoms with Crippen molar-refractivity contribution in [1.82, 2.24) is 0 Å². The number of rotatable bonds is 2. The van der Waals surface area contributed by atoms with Crippen molar-refractivity contribution in [3.8, 4) is 0 Å². The summed E-state index contributed by atoms with van der Waals surface area (Å²) in [6.07, 6.45) is 0. The Kier molecular flexibility index (Phi) is 5.16. The number of halogens is 2. The van der Waals surface area contributed by atoms with Gasteiger partial charge in [-0.2, -0.15) is 8.78 Å². The van der Waals surface area contributed by atoms with E-state index in [2.05, 4.69) is 0 Å². The Bertz CT molecular complexity index is 105. The topological polar surface area (TPSA) is 57.5 Å². The minimum absolute atomic E-state index is 0. The number of carboxylic acid groups (broad SMARTS) is 1. The summed E-state index contributed by atoms with van der Waals surface area (Å²) in [6.45, 7) is -1.65. The second-order valence-electron chi connectivity index (χ2n) is 1.17. The van der Waals surface area contributed by atoms with E-state index in [9.17, 15) is 13.6 Å². The van der Waals surface area contributed by atoms with E-state index in [-0.39, 0.29) is 22.4 Å². The molecule has 9 heavy (non-hydrogen) atoms. The molecule has 0 aromatic rings. The van der Waals surface area contributed by atoms with Crippen molar-refractivity contribution in [3.05, 3.63) is 0 Å². The van der Waals surface area contributed by atoms with Crippen molar-refractivity contribution in [2.45, 2.75) is 5.92 Å². The van der Waals surface area contributed by atoms with E-state index in [0.29, 0.717) is 0 Å². The molecular formula is C3H4AgF2O3. The molecule has 0 aromatic heterocycles. The molecule has 3 nitrogen and oxygen atoms in total. The first kappa shape index (κ1) is 11.8. The zero-order valence-corrected chi connectivity index (χ0v) is 5.55. The number of alkyl halides is 2. The van der Waals surface area contributed by atoms with Crippen LogP contribution in [0.2, 0.25) is 0 Å². The molecule has 0 aliphatic carbocycles. The monoisotopic (exact) mass is 233 g/mol. The molecular weight excluding hydrogens is 230 g/mol. The molecule has 0 spiro atoms. The summed E-state index contributed by atoms with van der Waals surface area (Å²) in [7, 11) is 0. The van der Waals surface area contributed by atoms with Crippen LogP contribution in [0.3, 0.4) is 0 Å². The van der Waals surface area contributed by atoms with E-state index in [1.165, 1.54) is 0 Å².